The van der Waals surface area contributed by atoms with Gasteiger partial charge in [-0.3, -0.25) is 0 Å². The highest BCUT2D eigenvalue weighted by Crippen LogP contribution is 2.20. The van der Waals surface area contributed by atoms with Crippen molar-refractivity contribution in [3.05, 3.63) is 58.5 Å². The van der Waals surface area contributed by atoms with Gasteiger partial charge in [0.15, 0.2) is 0 Å². The standard InChI is InChI=1S/C17H23NOS/c1-12-5-8-17(13(2)9-12)14(3)18-10-15-6-7-16(19-15)11-20-4/h5-9,14,18H,10-11H2,1-4H3. The molecular formula is C17H23NOS. The Balaban J connectivity index is 1.95. The van der Waals surface area contributed by atoms with Gasteiger partial charge in [-0.2, -0.15) is 11.8 Å². The van der Waals surface area contributed by atoms with E-state index in [1.807, 2.05) is 0 Å². The Morgan fingerprint density at radius 1 is 1.15 bits per heavy atom. The molecule has 0 aliphatic rings. The summed E-state index contributed by atoms with van der Waals surface area (Å²) < 4.78 is 5.78. The molecule has 0 saturated heterocycles. The highest BCUT2D eigenvalue weighted by molar-refractivity contribution is 7.97. The van der Waals surface area contributed by atoms with E-state index in [2.05, 4.69) is 62.7 Å². The predicted molar refractivity (Wildman–Crippen MR) is 87.1 cm³/mol. The molecule has 0 saturated carbocycles. The second-order valence-electron chi connectivity index (χ2n) is 5.26. The predicted octanol–water partition coefficient (Wildman–Crippen LogP) is 4.61. The van der Waals surface area contributed by atoms with Crippen molar-refractivity contribution in [1.29, 1.82) is 0 Å². The summed E-state index contributed by atoms with van der Waals surface area (Å²) in [5, 5.41) is 3.53. The van der Waals surface area contributed by atoms with E-state index in [1.165, 1.54) is 16.7 Å². The number of thioether (sulfide) groups is 1. The average Bonchev–Trinajstić information content (AvgIpc) is 2.84. The van der Waals surface area contributed by atoms with E-state index in [0.717, 1.165) is 23.8 Å². The molecule has 1 aromatic heterocycles. The molecule has 2 rings (SSSR count). The van der Waals surface area contributed by atoms with Crippen LogP contribution >= 0.6 is 11.8 Å². The number of rotatable bonds is 6. The first-order valence-corrected chi connectivity index (χ1v) is 8.36. The highest BCUT2D eigenvalue weighted by Gasteiger charge is 2.09. The first kappa shape index (κ1) is 15.2. The lowest BCUT2D eigenvalue weighted by Crippen LogP contribution is -2.18. The fourth-order valence-corrected chi connectivity index (χ4v) is 2.85. The second-order valence-corrected chi connectivity index (χ2v) is 6.13. The monoisotopic (exact) mass is 289 g/mol. The lowest BCUT2D eigenvalue weighted by atomic mass is 10.0. The quantitative estimate of drug-likeness (QED) is 0.840. The molecule has 1 N–H and O–H groups in total. The van der Waals surface area contributed by atoms with E-state index in [9.17, 15) is 0 Å². The van der Waals surface area contributed by atoms with Gasteiger partial charge in [0.25, 0.3) is 0 Å². The molecule has 2 nitrogen and oxygen atoms in total. The van der Waals surface area contributed by atoms with E-state index in [4.69, 9.17) is 4.42 Å². The Bertz CT molecular complexity index is 562. The van der Waals surface area contributed by atoms with Crippen LogP contribution in [0.25, 0.3) is 0 Å². The van der Waals surface area contributed by atoms with Crippen LogP contribution in [0.2, 0.25) is 0 Å². The maximum absolute atomic E-state index is 5.78. The van der Waals surface area contributed by atoms with Gasteiger partial charge >= 0.3 is 0 Å². The van der Waals surface area contributed by atoms with Gasteiger partial charge in [-0.25, -0.2) is 0 Å². The van der Waals surface area contributed by atoms with Crippen LogP contribution in [0.4, 0.5) is 0 Å². The summed E-state index contributed by atoms with van der Waals surface area (Å²) in [6.45, 7) is 7.27. The van der Waals surface area contributed by atoms with Crippen molar-refractivity contribution in [1.82, 2.24) is 5.32 Å². The molecule has 1 heterocycles. The molecule has 0 aliphatic heterocycles. The van der Waals surface area contributed by atoms with Crippen molar-refractivity contribution in [3.63, 3.8) is 0 Å². The van der Waals surface area contributed by atoms with Crippen LogP contribution in [0, 0.1) is 13.8 Å². The molecule has 0 spiro atoms. The second kappa shape index (κ2) is 7.00. The highest BCUT2D eigenvalue weighted by atomic mass is 32.2. The molecule has 0 bridgehead atoms. The van der Waals surface area contributed by atoms with Crippen LogP contribution in [-0.2, 0) is 12.3 Å². The van der Waals surface area contributed by atoms with Crippen LogP contribution in [0.1, 0.15) is 41.2 Å². The molecule has 1 atom stereocenters. The summed E-state index contributed by atoms with van der Waals surface area (Å²) >= 11 is 1.78. The van der Waals surface area contributed by atoms with Gasteiger partial charge in [-0.1, -0.05) is 23.8 Å². The lowest BCUT2D eigenvalue weighted by molar-refractivity contribution is 0.442. The number of nitrogens with one attached hydrogen (secondary N) is 1. The maximum Gasteiger partial charge on any atom is 0.118 e. The van der Waals surface area contributed by atoms with Gasteiger partial charge in [0.05, 0.1) is 12.3 Å². The van der Waals surface area contributed by atoms with Crippen molar-refractivity contribution < 1.29 is 4.42 Å². The Morgan fingerprint density at radius 3 is 2.60 bits per heavy atom. The summed E-state index contributed by atoms with van der Waals surface area (Å²) in [6.07, 6.45) is 2.09. The van der Waals surface area contributed by atoms with E-state index >= 15 is 0 Å². The zero-order valence-corrected chi connectivity index (χ0v) is 13.5. The molecule has 1 unspecified atom stereocenters. The first-order chi connectivity index (χ1) is 9.60. The Hall–Kier alpha value is -1.19. The van der Waals surface area contributed by atoms with E-state index in [0.29, 0.717) is 6.04 Å². The molecule has 0 amide bonds. The topological polar surface area (TPSA) is 25.2 Å². The van der Waals surface area contributed by atoms with Crippen LogP contribution in [0.3, 0.4) is 0 Å². The molecule has 20 heavy (non-hydrogen) atoms. The normalized spacial score (nSPS) is 12.6. The summed E-state index contributed by atoms with van der Waals surface area (Å²) in [6, 6.07) is 11.1. The van der Waals surface area contributed by atoms with Crippen LogP contribution < -0.4 is 5.32 Å². The number of furan rings is 1. The summed E-state index contributed by atoms with van der Waals surface area (Å²) in [7, 11) is 0. The Kier molecular flexibility index (Phi) is 5.32. The zero-order chi connectivity index (χ0) is 14.5. The van der Waals surface area contributed by atoms with Gasteiger partial charge in [-0.15, -0.1) is 0 Å². The van der Waals surface area contributed by atoms with Gasteiger partial charge in [-0.05, 0) is 50.3 Å². The van der Waals surface area contributed by atoms with Gasteiger partial charge in [0, 0.05) is 6.04 Å². The largest absolute Gasteiger partial charge is 0.464 e. The fraction of sp³-hybridized carbons (Fsp3) is 0.412. The molecule has 3 heteroatoms. The van der Waals surface area contributed by atoms with E-state index in [1.54, 1.807) is 11.8 Å². The molecule has 108 valence electrons. The summed E-state index contributed by atoms with van der Waals surface area (Å²) in [4.78, 5) is 0. The third-order valence-corrected chi connectivity index (χ3v) is 4.05. The third kappa shape index (κ3) is 3.90. The molecule has 1 aromatic carbocycles. The lowest BCUT2D eigenvalue weighted by Gasteiger charge is -2.16. The SMILES string of the molecule is CSCc1ccc(CNC(C)c2ccc(C)cc2C)o1. The fourth-order valence-electron chi connectivity index (χ4n) is 2.41. The minimum atomic E-state index is 0.324. The van der Waals surface area contributed by atoms with E-state index < -0.39 is 0 Å². The van der Waals surface area contributed by atoms with Crippen LogP contribution in [0.15, 0.2) is 34.7 Å². The average molecular weight is 289 g/mol. The number of benzene rings is 1. The minimum Gasteiger partial charge on any atom is -0.464 e. The number of aryl methyl sites for hydroxylation is 2. The summed E-state index contributed by atoms with van der Waals surface area (Å²) in [5.41, 5.74) is 4.00. The van der Waals surface area contributed by atoms with Crippen LogP contribution in [-0.4, -0.2) is 6.26 Å². The molecule has 2 aromatic rings. The Labute approximate surface area is 126 Å². The Morgan fingerprint density at radius 2 is 1.90 bits per heavy atom. The maximum atomic E-state index is 5.78. The van der Waals surface area contributed by atoms with E-state index in [-0.39, 0.29) is 0 Å². The van der Waals surface area contributed by atoms with Gasteiger partial charge < -0.3 is 9.73 Å². The van der Waals surface area contributed by atoms with Gasteiger partial charge in [0.2, 0.25) is 0 Å². The van der Waals surface area contributed by atoms with Crippen molar-refractivity contribution >= 4 is 11.8 Å². The number of hydrogen-bond acceptors (Lipinski definition) is 3. The van der Waals surface area contributed by atoms with Crippen molar-refractivity contribution in [2.24, 2.45) is 0 Å². The van der Waals surface area contributed by atoms with Crippen LogP contribution in [0.5, 0.6) is 0 Å². The molecular weight excluding hydrogens is 266 g/mol. The molecule has 0 radical (unpaired) electrons. The third-order valence-electron chi connectivity index (χ3n) is 3.48. The van der Waals surface area contributed by atoms with Crippen molar-refractivity contribution in [2.75, 3.05) is 6.26 Å². The molecule has 0 fully saturated rings. The number of hydrogen-bond donors (Lipinski definition) is 1. The first-order valence-electron chi connectivity index (χ1n) is 6.97. The molecule has 0 aliphatic carbocycles. The van der Waals surface area contributed by atoms with Gasteiger partial charge in [0.1, 0.15) is 11.5 Å². The smallest absolute Gasteiger partial charge is 0.118 e. The van der Waals surface area contributed by atoms with Crippen molar-refractivity contribution in [3.8, 4) is 0 Å². The zero-order valence-electron chi connectivity index (χ0n) is 12.7. The minimum absolute atomic E-state index is 0.324. The van der Waals surface area contributed by atoms with Crippen molar-refractivity contribution in [2.45, 2.75) is 39.1 Å². The summed E-state index contributed by atoms with van der Waals surface area (Å²) in [5.74, 6) is 2.99.